The van der Waals surface area contributed by atoms with Gasteiger partial charge in [-0.1, -0.05) is 0 Å². The van der Waals surface area contributed by atoms with E-state index >= 15 is 0 Å². The summed E-state index contributed by atoms with van der Waals surface area (Å²) in [5.41, 5.74) is -0.661. The number of aromatic nitrogens is 2. The molecule has 2 aromatic rings. The first-order valence-corrected chi connectivity index (χ1v) is 5.77. The van der Waals surface area contributed by atoms with Crippen LogP contribution in [0.4, 0.5) is 0 Å². The summed E-state index contributed by atoms with van der Waals surface area (Å²) in [7, 11) is 0. The second kappa shape index (κ2) is 4.18. The third kappa shape index (κ3) is 1.91. The van der Waals surface area contributed by atoms with Gasteiger partial charge in [0.25, 0.3) is 5.56 Å². The third-order valence-corrected chi connectivity index (χ3v) is 3.57. The molecule has 0 aromatic carbocycles. The van der Waals surface area contributed by atoms with E-state index in [1.807, 2.05) is 0 Å². The molecule has 2 rings (SSSR count). The minimum Gasteiger partial charge on any atom is -0.477 e. The quantitative estimate of drug-likeness (QED) is 0.888. The molecule has 0 saturated heterocycles. The van der Waals surface area contributed by atoms with Crippen molar-refractivity contribution >= 4 is 33.2 Å². The molecular weight excluding hydrogens is 296 g/mol. The average Bonchev–Trinajstić information content (AvgIpc) is 2.63. The van der Waals surface area contributed by atoms with Crippen LogP contribution in [-0.4, -0.2) is 21.3 Å². The number of carboxylic acids is 1. The molecule has 0 unspecified atom stereocenters. The zero-order valence-corrected chi connectivity index (χ0v) is 10.1. The van der Waals surface area contributed by atoms with Gasteiger partial charge < -0.3 is 5.11 Å². The standard InChI is InChI=1S/C9H5BrN2O3S/c10-6-2-1-5(16-6)4-3-11-12-8(13)7(4)9(14)15/h1-3H,(H,12,13)(H,14,15). The molecule has 2 heterocycles. The molecule has 0 spiro atoms. The topological polar surface area (TPSA) is 83.0 Å². The van der Waals surface area contributed by atoms with Crippen molar-refractivity contribution in [2.24, 2.45) is 0 Å². The molecular formula is C9H5BrN2O3S. The van der Waals surface area contributed by atoms with E-state index in [1.165, 1.54) is 17.5 Å². The highest BCUT2D eigenvalue weighted by Gasteiger charge is 2.17. The molecule has 2 N–H and O–H groups in total. The zero-order valence-electron chi connectivity index (χ0n) is 7.73. The lowest BCUT2D eigenvalue weighted by Gasteiger charge is -2.00. The normalized spacial score (nSPS) is 10.3. The predicted molar refractivity (Wildman–Crippen MR) is 62.8 cm³/mol. The summed E-state index contributed by atoms with van der Waals surface area (Å²) in [5.74, 6) is -1.26. The lowest BCUT2D eigenvalue weighted by Crippen LogP contribution is -2.19. The van der Waals surface area contributed by atoms with Gasteiger partial charge in [0.05, 0.1) is 9.98 Å². The summed E-state index contributed by atoms with van der Waals surface area (Å²) in [6.45, 7) is 0. The van der Waals surface area contributed by atoms with Crippen LogP contribution >= 0.6 is 27.3 Å². The number of hydrogen-bond donors (Lipinski definition) is 2. The Kier molecular flexibility index (Phi) is 2.88. The Morgan fingerprint density at radius 3 is 2.81 bits per heavy atom. The maximum Gasteiger partial charge on any atom is 0.342 e. The molecule has 5 nitrogen and oxygen atoms in total. The minimum absolute atomic E-state index is 0.288. The molecule has 0 fully saturated rings. The first-order valence-electron chi connectivity index (χ1n) is 4.16. The zero-order chi connectivity index (χ0) is 11.7. The molecule has 0 radical (unpaired) electrons. The molecule has 0 aliphatic heterocycles. The first-order chi connectivity index (χ1) is 7.59. The highest BCUT2D eigenvalue weighted by molar-refractivity contribution is 9.11. The molecule has 7 heteroatoms. The summed E-state index contributed by atoms with van der Waals surface area (Å²) in [6, 6.07) is 3.52. The van der Waals surface area contributed by atoms with Crippen molar-refractivity contribution < 1.29 is 9.90 Å². The lowest BCUT2D eigenvalue weighted by molar-refractivity contribution is 0.0695. The van der Waals surface area contributed by atoms with E-state index in [0.29, 0.717) is 10.4 Å². The molecule has 0 bridgehead atoms. The van der Waals surface area contributed by atoms with Crippen molar-refractivity contribution in [3.63, 3.8) is 0 Å². The van der Waals surface area contributed by atoms with Crippen LogP contribution in [0.3, 0.4) is 0 Å². The second-order valence-electron chi connectivity index (χ2n) is 2.90. The van der Waals surface area contributed by atoms with Gasteiger partial charge in [0.1, 0.15) is 5.56 Å². The fourth-order valence-corrected chi connectivity index (χ4v) is 2.66. The minimum atomic E-state index is -1.26. The fourth-order valence-electron chi connectivity index (χ4n) is 1.26. The lowest BCUT2D eigenvalue weighted by atomic mass is 10.1. The smallest absolute Gasteiger partial charge is 0.342 e. The number of carbonyl (C=O) groups is 1. The number of thiophene rings is 1. The first kappa shape index (κ1) is 11.0. The Balaban J connectivity index is 2.70. The largest absolute Gasteiger partial charge is 0.477 e. The number of nitrogens with zero attached hydrogens (tertiary/aromatic N) is 1. The Morgan fingerprint density at radius 1 is 1.50 bits per heavy atom. The van der Waals surface area contributed by atoms with E-state index in [9.17, 15) is 9.59 Å². The molecule has 2 aromatic heterocycles. The molecule has 0 saturated carbocycles. The average molecular weight is 301 g/mol. The van der Waals surface area contributed by atoms with Crippen molar-refractivity contribution in [2.75, 3.05) is 0 Å². The number of hydrogen-bond acceptors (Lipinski definition) is 4. The van der Waals surface area contributed by atoms with E-state index in [2.05, 4.69) is 26.1 Å². The van der Waals surface area contributed by atoms with Crippen molar-refractivity contribution in [1.82, 2.24) is 10.2 Å². The number of aromatic carboxylic acids is 1. The fraction of sp³-hybridized carbons (Fsp3) is 0. The van der Waals surface area contributed by atoms with Gasteiger partial charge in [0.2, 0.25) is 0 Å². The summed E-state index contributed by atoms with van der Waals surface area (Å²) in [4.78, 5) is 23.0. The van der Waals surface area contributed by atoms with Crippen LogP contribution < -0.4 is 5.56 Å². The molecule has 16 heavy (non-hydrogen) atoms. The van der Waals surface area contributed by atoms with Crippen LogP contribution in [0.25, 0.3) is 10.4 Å². The molecule has 0 aliphatic rings. The monoisotopic (exact) mass is 300 g/mol. The van der Waals surface area contributed by atoms with Gasteiger partial charge in [-0.15, -0.1) is 11.3 Å². The van der Waals surface area contributed by atoms with Crippen LogP contribution in [0.2, 0.25) is 0 Å². The van der Waals surface area contributed by atoms with Gasteiger partial charge in [0, 0.05) is 10.4 Å². The van der Waals surface area contributed by atoms with Gasteiger partial charge in [-0.25, -0.2) is 9.89 Å². The number of carboxylic acid groups (broad SMARTS) is 1. The van der Waals surface area contributed by atoms with Crippen LogP contribution in [0.5, 0.6) is 0 Å². The molecule has 0 atom stereocenters. The number of rotatable bonds is 2. The van der Waals surface area contributed by atoms with Gasteiger partial charge in [-0.05, 0) is 28.1 Å². The van der Waals surface area contributed by atoms with Crippen molar-refractivity contribution in [3.05, 3.63) is 38.0 Å². The summed E-state index contributed by atoms with van der Waals surface area (Å²) >= 11 is 4.62. The van der Waals surface area contributed by atoms with E-state index < -0.39 is 11.5 Å². The van der Waals surface area contributed by atoms with E-state index in [-0.39, 0.29) is 5.56 Å². The van der Waals surface area contributed by atoms with E-state index in [0.717, 1.165) is 3.79 Å². The van der Waals surface area contributed by atoms with Gasteiger partial charge in [-0.2, -0.15) is 5.10 Å². The van der Waals surface area contributed by atoms with Crippen LogP contribution in [0, 0.1) is 0 Å². The molecule has 0 amide bonds. The van der Waals surface area contributed by atoms with Crippen molar-refractivity contribution in [1.29, 1.82) is 0 Å². The van der Waals surface area contributed by atoms with Gasteiger partial charge in [0.15, 0.2) is 0 Å². The Morgan fingerprint density at radius 2 is 2.25 bits per heavy atom. The third-order valence-electron chi connectivity index (χ3n) is 1.91. The van der Waals surface area contributed by atoms with Crippen LogP contribution in [0.1, 0.15) is 10.4 Å². The Labute approximate surface area is 102 Å². The van der Waals surface area contributed by atoms with Crippen LogP contribution in [-0.2, 0) is 0 Å². The van der Waals surface area contributed by atoms with Crippen molar-refractivity contribution in [2.45, 2.75) is 0 Å². The number of H-pyrrole nitrogens is 1. The number of halogens is 1. The maximum absolute atomic E-state index is 11.4. The van der Waals surface area contributed by atoms with Gasteiger partial charge in [-0.3, -0.25) is 4.79 Å². The SMILES string of the molecule is O=C(O)c1c(-c2ccc(Br)s2)cn[nH]c1=O. The van der Waals surface area contributed by atoms with Gasteiger partial charge >= 0.3 is 5.97 Å². The number of nitrogens with one attached hydrogen (secondary N) is 1. The Hall–Kier alpha value is -1.47. The molecule has 0 aliphatic carbocycles. The Bertz CT molecular complexity index is 605. The summed E-state index contributed by atoms with van der Waals surface area (Å²) < 4.78 is 0.860. The molecule has 82 valence electrons. The maximum atomic E-state index is 11.4. The summed E-state index contributed by atoms with van der Waals surface area (Å²) in [5, 5.41) is 14.7. The highest BCUT2D eigenvalue weighted by atomic mass is 79.9. The van der Waals surface area contributed by atoms with Crippen molar-refractivity contribution in [3.8, 4) is 10.4 Å². The highest BCUT2D eigenvalue weighted by Crippen LogP contribution is 2.31. The summed E-state index contributed by atoms with van der Waals surface area (Å²) in [6.07, 6.45) is 1.34. The van der Waals surface area contributed by atoms with E-state index in [1.54, 1.807) is 12.1 Å². The van der Waals surface area contributed by atoms with Crippen LogP contribution in [0.15, 0.2) is 26.9 Å². The second-order valence-corrected chi connectivity index (χ2v) is 5.36. The number of aromatic amines is 1. The van der Waals surface area contributed by atoms with E-state index in [4.69, 9.17) is 5.11 Å². The predicted octanol–water partition coefficient (Wildman–Crippen LogP) is 1.96.